The van der Waals surface area contributed by atoms with Gasteiger partial charge in [-0.3, -0.25) is 4.90 Å². The lowest BCUT2D eigenvalue weighted by Gasteiger charge is -2.33. The lowest BCUT2D eigenvalue weighted by Crippen LogP contribution is -2.47. The van der Waals surface area contributed by atoms with Gasteiger partial charge in [0.2, 0.25) is 5.95 Å². The fraction of sp³-hybridized carbons (Fsp3) is 0.556. The predicted molar refractivity (Wildman–Crippen MR) is 61.0 cm³/mol. The van der Waals surface area contributed by atoms with Crippen molar-refractivity contribution in [3.63, 3.8) is 0 Å². The van der Waals surface area contributed by atoms with Crippen LogP contribution >= 0.6 is 0 Å². The second kappa shape index (κ2) is 5.22. The molecule has 0 atom stereocenters. The fourth-order valence-corrected chi connectivity index (χ4v) is 2.32. The summed E-state index contributed by atoms with van der Waals surface area (Å²) >= 11 is 0. The summed E-state index contributed by atoms with van der Waals surface area (Å²) in [6, 6.07) is 1.78. The molecule has 1 aromatic rings. The molecule has 1 aromatic heterocycles. The molecule has 6 nitrogen and oxygen atoms in total. The van der Waals surface area contributed by atoms with E-state index in [0.29, 0.717) is 5.95 Å². The molecule has 2 rings (SSSR count). The van der Waals surface area contributed by atoms with Crippen LogP contribution in [-0.4, -0.2) is 55.3 Å². The number of hydrogen-bond acceptors (Lipinski definition) is 6. The zero-order chi connectivity index (χ0) is 11.4. The molecule has 1 aliphatic heterocycles. The van der Waals surface area contributed by atoms with E-state index in [0.717, 1.165) is 26.2 Å². The SMILES string of the molecule is O=[SH](=O)CN1CCN(c2ncccn2)CC1. The molecule has 88 valence electrons. The Morgan fingerprint density at radius 1 is 1.12 bits per heavy atom. The number of thiol groups is 1. The van der Waals surface area contributed by atoms with Gasteiger partial charge >= 0.3 is 0 Å². The Kier molecular flexibility index (Phi) is 3.68. The van der Waals surface area contributed by atoms with Gasteiger partial charge in [-0.05, 0) is 6.07 Å². The van der Waals surface area contributed by atoms with Crippen LogP contribution in [0.15, 0.2) is 18.5 Å². The first-order valence-corrected chi connectivity index (χ1v) is 6.48. The molecule has 0 bridgehead atoms. The Morgan fingerprint density at radius 2 is 1.75 bits per heavy atom. The Hall–Kier alpha value is -1.21. The van der Waals surface area contributed by atoms with Gasteiger partial charge in [-0.25, -0.2) is 18.4 Å². The lowest BCUT2D eigenvalue weighted by molar-refractivity contribution is 0.294. The molecule has 0 saturated carbocycles. The van der Waals surface area contributed by atoms with Crippen molar-refractivity contribution in [2.75, 3.05) is 37.0 Å². The molecule has 0 unspecified atom stereocenters. The molecule has 1 aliphatic rings. The van der Waals surface area contributed by atoms with Gasteiger partial charge in [0.1, 0.15) is 0 Å². The zero-order valence-electron chi connectivity index (χ0n) is 8.82. The molecule has 0 radical (unpaired) electrons. The van der Waals surface area contributed by atoms with Crippen LogP contribution in [0.5, 0.6) is 0 Å². The maximum absolute atomic E-state index is 10.6. The monoisotopic (exact) mass is 242 g/mol. The maximum atomic E-state index is 10.6. The Morgan fingerprint density at radius 3 is 2.31 bits per heavy atom. The molecule has 7 heteroatoms. The minimum Gasteiger partial charge on any atom is -0.338 e. The van der Waals surface area contributed by atoms with E-state index in [9.17, 15) is 8.42 Å². The van der Waals surface area contributed by atoms with E-state index in [-0.39, 0.29) is 5.88 Å². The van der Waals surface area contributed by atoms with Gasteiger partial charge in [-0.15, -0.1) is 0 Å². The molecule has 0 N–H and O–H groups in total. The molecule has 0 amide bonds. The smallest absolute Gasteiger partial charge is 0.225 e. The number of nitrogens with zero attached hydrogens (tertiary/aromatic N) is 4. The Balaban J connectivity index is 1.90. The standard InChI is InChI=1S/C9H14N4O2S/c14-16(15)8-12-4-6-13(7-5-12)9-10-2-1-3-11-9/h1-3,16H,4-8H2. The van der Waals surface area contributed by atoms with Gasteiger partial charge in [-0.1, -0.05) is 0 Å². The highest BCUT2D eigenvalue weighted by Gasteiger charge is 2.18. The molecule has 0 spiro atoms. The quantitative estimate of drug-likeness (QED) is 0.698. The number of aromatic nitrogens is 2. The van der Waals surface area contributed by atoms with Crippen LogP contribution in [0.25, 0.3) is 0 Å². The summed E-state index contributed by atoms with van der Waals surface area (Å²) in [5.41, 5.74) is 0. The number of piperazine rings is 1. The van der Waals surface area contributed by atoms with E-state index < -0.39 is 10.7 Å². The first kappa shape index (κ1) is 11.3. The van der Waals surface area contributed by atoms with Crippen molar-refractivity contribution in [3.8, 4) is 0 Å². The van der Waals surface area contributed by atoms with Crippen LogP contribution in [0.2, 0.25) is 0 Å². The van der Waals surface area contributed by atoms with Gasteiger partial charge < -0.3 is 4.90 Å². The van der Waals surface area contributed by atoms with Gasteiger partial charge in [0.15, 0.2) is 10.7 Å². The number of anilines is 1. The summed E-state index contributed by atoms with van der Waals surface area (Å²) in [6.07, 6.45) is 3.42. The average molecular weight is 242 g/mol. The van der Waals surface area contributed by atoms with Gasteiger partial charge in [0.05, 0.1) is 5.88 Å². The summed E-state index contributed by atoms with van der Waals surface area (Å²) in [4.78, 5) is 12.3. The van der Waals surface area contributed by atoms with E-state index >= 15 is 0 Å². The first-order chi connectivity index (χ1) is 7.75. The van der Waals surface area contributed by atoms with Crippen molar-refractivity contribution < 1.29 is 8.42 Å². The summed E-state index contributed by atoms with van der Waals surface area (Å²) < 4.78 is 21.2. The lowest BCUT2D eigenvalue weighted by atomic mass is 10.3. The van der Waals surface area contributed by atoms with Crippen molar-refractivity contribution in [2.45, 2.75) is 0 Å². The molecule has 2 heterocycles. The van der Waals surface area contributed by atoms with Crippen molar-refractivity contribution in [3.05, 3.63) is 18.5 Å². The number of hydrogen-bond donors (Lipinski definition) is 1. The van der Waals surface area contributed by atoms with E-state index in [2.05, 4.69) is 14.9 Å². The molecule has 1 fully saturated rings. The van der Waals surface area contributed by atoms with Crippen molar-refractivity contribution in [1.29, 1.82) is 0 Å². The third-order valence-corrected chi connectivity index (χ3v) is 3.15. The summed E-state index contributed by atoms with van der Waals surface area (Å²) in [7, 11) is -2.32. The highest BCUT2D eigenvalue weighted by Crippen LogP contribution is 2.08. The van der Waals surface area contributed by atoms with Crippen LogP contribution in [0, 0.1) is 0 Å². The molecular formula is C9H14N4O2S. The zero-order valence-corrected chi connectivity index (χ0v) is 9.71. The minimum atomic E-state index is -2.32. The Bertz CT molecular complexity index is 393. The molecule has 16 heavy (non-hydrogen) atoms. The van der Waals surface area contributed by atoms with Gasteiger partial charge in [-0.2, -0.15) is 0 Å². The van der Waals surface area contributed by atoms with E-state index in [1.807, 2.05) is 4.90 Å². The molecule has 0 aromatic carbocycles. The van der Waals surface area contributed by atoms with Gasteiger partial charge in [0, 0.05) is 38.6 Å². The highest BCUT2D eigenvalue weighted by atomic mass is 32.2. The topological polar surface area (TPSA) is 66.4 Å². The summed E-state index contributed by atoms with van der Waals surface area (Å²) in [5, 5.41) is 0. The predicted octanol–water partition coefficient (Wildman–Crippen LogP) is -0.833. The van der Waals surface area contributed by atoms with Crippen LogP contribution < -0.4 is 4.90 Å². The van der Waals surface area contributed by atoms with Crippen molar-refractivity contribution >= 4 is 16.7 Å². The summed E-state index contributed by atoms with van der Waals surface area (Å²) in [6.45, 7) is 3.02. The van der Waals surface area contributed by atoms with Crippen molar-refractivity contribution in [2.24, 2.45) is 0 Å². The van der Waals surface area contributed by atoms with Crippen molar-refractivity contribution in [1.82, 2.24) is 14.9 Å². The number of rotatable bonds is 3. The van der Waals surface area contributed by atoms with Crippen LogP contribution in [0.3, 0.4) is 0 Å². The van der Waals surface area contributed by atoms with Gasteiger partial charge in [0.25, 0.3) is 0 Å². The average Bonchev–Trinajstić information content (AvgIpc) is 2.30. The van der Waals surface area contributed by atoms with Crippen LogP contribution in [0.1, 0.15) is 0 Å². The summed E-state index contributed by atoms with van der Waals surface area (Å²) in [5.74, 6) is 0.868. The van der Waals surface area contributed by atoms with Crippen LogP contribution in [0.4, 0.5) is 5.95 Å². The maximum Gasteiger partial charge on any atom is 0.225 e. The third-order valence-electron chi connectivity index (χ3n) is 2.52. The minimum absolute atomic E-state index is 0.152. The third kappa shape index (κ3) is 2.89. The molecular weight excluding hydrogens is 228 g/mol. The van der Waals surface area contributed by atoms with Crippen LogP contribution in [-0.2, 0) is 10.7 Å². The first-order valence-electron chi connectivity index (χ1n) is 5.12. The van der Waals surface area contributed by atoms with E-state index in [4.69, 9.17) is 0 Å². The molecule has 1 saturated heterocycles. The molecule has 0 aliphatic carbocycles. The second-order valence-corrected chi connectivity index (χ2v) is 4.58. The van der Waals surface area contributed by atoms with E-state index in [1.165, 1.54) is 0 Å². The normalized spacial score (nSPS) is 17.9. The Labute approximate surface area is 95.9 Å². The fourth-order valence-electron chi connectivity index (χ4n) is 1.71. The second-order valence-electron chi connectivity index (χ2n) is 3.63. The van der Waals surface area contributed by atoms with E-state index in [1.54, 1.807) is 18.5 Å². The highest BCUT2D eigenvalue weighted by molar-refractivity contribution is 7.72. The largest absolute Gasteiger partial charge is 0.338 e.